The number of benzene rings is 3. The summed E-state index contributed by atoms with van der Waals surface area (Å²) in [5, 5.41) is 8.88. The number of hydrogen-bond donors (Lipinski definition) is 0. The highest BCUT2D eigenvalue weighted by Crippen LogP contribution is 2.23. The third-order valence-corrected chi connectivity index (χ3v) is 4.80. The van der Waals surface area contributed by atoms with Crippen LogP contribution in [0.2, 0.25) is 0 Å². The van der Waals surface area contributed by atoms with Gasteiger partial charge >= 0.3 is 0 Å². The van der Waals surface area contributed by atoms with Crippen molar-refractivity contribution in [2.75, 3.05) is 13.7 Å². The van der Waals surface area contributed by atoms with Gasteiger partial charge in [0.15, 0.2) is 12.4 Å². The van der Waals surface area contributed by atoms with Crippen LogP contribution >= 0.6 is 0 Å². The van der Waals surface area contributed by atoms with Gasteiger partial charge in [-0.25, -0.2) is 0 Å². The van der Waals surface area contributed by atoms with Gasteiger partial charge in [0.1, 0.15) is 5.75 Å². The summed E-state index contributed by atoms with van der Waals surface area (Å²) in [4.78, 5) is 25.3. The van der Waals surface area contributed by atoms with Gasteiger partial charge in [0.2, 0.25) is 5.91 Å². The van der Waals surface area contributed by atoms with E-state index < -0.39 is 0 Å². The minimum absolute atomic E-state index is 0.00578. The molecule has 0 atom stereocenters. The van der Waals surface area contributed by atoms with Crippen LogP contribution in [0.3, 0.4) is 0 Å². The first-order valence-electron chi connectivity index (χ1n) is 9.53. The van der Waals surface area contributed by atoms with Gasteiger partial charge in [-0.3, -0.25) is 9.59 Å². The topological polar surface area (TPSA) is 70.4 Å². The largest absolute Gasteiger partial charge is 0.485 e. The third-order valence-electron chi connectivity index (χ3n) is 4.80. The first kappa shape index (κ1) is 20.8. The Balaban J connectivity index is 1.56. The number of ether oxygens (including phenoxy) is 1. The van der Waals surface area contributed by atoms with Crippen molar-refractivity contribution in [2.45, 2.75) is 13.5 Å². The summed E-state index contributed by atoms with van der Waals surface area (Å²) >= 11 is 0. The zero-order valence-electron chi connectivity index (χ0n) is 17.0. The molecule has 0 radical (unpaired) electrons. The highest BCUT2D eigenvalue weighted by molar-refractivity contribution is 5.97. The Hall–Kier alpha value is -3.91. The highest BCUT2D eigenvalue weighted by Gasteiger charge is 2.09. The van der Waals surface area contributed by atoms with Gasteiger partial charge in [-0.15, -0.1) is 0 Å². The molecule has 30 heavy (non-hydrogen) atoms. The van der Waals surface area contributed by atoms with E-state index in [-0.39, 0.29) is 18.3 Å². The Morgan fingerprint density at radius 1 is 0.900 bits per heavy atom. The molecule has 150 valence electrons. The number of nitriles is 1. The predicted octanol–water partition coefficient (Wildman–Crippen LogP) is 4.47. The van der Waals surface area contributed by atoms with E-state index in [4.69, 9.17) is 10.00 Å². The number of ketones is 1. The molecule has 0 aromatic heterocycles. The average Bonchev–Trinajstić information content (AvgIpc) is 2.78. The van der Waals surface area contributed by atoms with E-state index in [9.17, 15) is 9.59 Å². The van der Waals surface area contributed by atoms with Gasteiger partial charge in [0.05, 0.1) is 11.6 Å². The van der Waals surface area contributed by atoms with Gasteiger partial charge < -0.3 is 9.64 Å². The molecule has 0 spiro atoms. The Labute approximate surface area is 176 Å². The number of nitrogens with zero attached hydrogens (tertiary/aromatic N) is 2. The van der Waals surface area contributed by atoms with Crippen molar-refractivity contribution >= 4 is 11.7 Å². The van der Waals surface area contributed by atoms with Crippen LogP contribution in [-0.4, -0.2) is 30.2 Å². The van der Waals surface area contributed by atoms with Crippen LogP contribution in [0, 0.1) is 11.3 Å². The van der Waals surface area contributed by atoms with Gasteiger partial charge in [-0.2, -0.15) is 5.26 Å². The first-order chi connectivity index (χ1) is 14.5. The summed E-state index contributed by atoms with van der Waals surface area (Å²) in [6.07, 6.45) is 0. The fourth-order valence-electron chi connectivity index (χ4n) is 2.89. The van der Waals surface area contributed by atoms with Gasteiger partial charge in [-0.05, 0) is 41.0 Å². The lowest BCUT2D eigenvalue weighted by atomic mass is 10.0. The maximum Gasteiger partial charge on any atom is 0.219 e. The summed E-state index contributed by atoms with van der Waals surface area (Å²) < 4.78 is 5.63. The van der Waals surface area contributed by atoms with E-state index in [1.807, 2.05) is 48.5 Å². The molecule has 0 aliphatic heterocycles. The van der Waals surface area contributed by atoms with Crippen molar-refractivity contribution in [1.29, 1.82) is 5.26 Å². The summed E-state index contributed by atoms with van der Waals surface area (Å²) in [6, 6.07) is 24.1. The summed E-state index contributed by atoms with van der Waals surface area (Å²) in [7, 11) is 1.74. The van der Waals surface area contributed by atoms with Crippen molar-refractivity contribution in [3.05, 3.63) is 89.5 Å². The lowest BCUT2D eigenvalue weighted by molar-refractivity contribution is -0.128. The van der Waals surface area contributed by atoms with E-state index in [1.165, 1.54) is 6.92 Å². The number of carbonyl (C=O) groups excluding carboxylic acids is 2. The SMILES string of the molecule is CC(=O)N(C)Cc1ccc(C(=O)COc2ccc(-c3ccc(C#N)cc3)cc2)cc1. The maximum absolute atomic E-state index is 12.4. The van der Waals surface area contributed by atoms with E-state index >= 15 is 0 Å². The second-order valence-corrected chi connectivity index (χ2v) is 7.00. The molecule has 0 aliphatic rings. The molecule has 0 N–H and O–H groups in total. The normalized spacial score (nSPS) is 10.2. The number of Topliss-reactive ketones (excluding diaryl/α,β-unsaturated/α-hetero) is 1. The maximum atomic E-state index is 12.4. The minimum atomic E-state index is -0.113. The van der Waals surface area contributed by atoms with Crippen LogP contribution in [0.4, 0.5) is 0 Å². The smallest absolute Gasteiger partial charge is 0.219 e. The lowest BCUT2D eigenvalue weighted by Crippen LogP contribution is -2.23. The fraction of sp³-hybridized carbons (Fsp3) is 0.160. The van der Waals surface area contributed by atoms with Crippen molar-refractivity contribution in [2.24, 2.45) is 0 Å². The number of amides is 1. The monoisotopic (exact) mass is 398 g/mol. The highest BCUT2D eigenvalue weighted by atomic mass is 16.5. The quantitative estimate of drug-likeness (QED) is 0.551. The Morgan fingerprint density at radius 2 is 1.47 bits per heavy atom. The molecule has 0 heterocycles. The van der Waals surface area contributed by atoms with Crippen molar-refractivity contribution in [3.63, 3.8) is 0 Å². The molecular formula is C25H22N2O3. The second kappa shape index (κ2) is 9.53. The summed E-state index contributed by atoms with van der Waals surface area (Å²) in [5.74, 6) is 0.492. The Morgan fingerprint density at radius 3 is 2.00 bits per heavy atom. The molecule has 0 aliphatic carbocycles. The zero-order chi connectivity index (χ0) is 21.5. The average molecular weight is 398 g/mol. The van der Waals surface area contributed by atoms with Crippen LogP contribution in [0.25, 0.3) is 11.1 Å². The standard InChI is InChI=1S/C25H22N2O3/c1-18(28)27(2)16-20-5-9-23(10-6-20)25(29)17-30-24-13-11-22(12-14-24)21-7-3-19(15-26)4-8-21/h3-14H,16-17H2,1-2H3. The van der Waals surface area contributed by atoms with Crippen molar-refractivity contribution in [3.8, 4) is 22.9 Å². The van der Waals surface area contributed by atoms with Crippen LogP contribution in [0.1, 0.15) is 28.4 Å². The molecule has 0 fully saturated rings. The molecule has 3 aromatic carbocycles. The fourth-order valence-corrected chi connectivity index (χ4v) is 2.89. The Kier molecular flexibility index (Phi) is 6.61. The second-order valence-electron chi connectivity index (χ2n) is 7.00. The van der Waals surface area contributed by atoms with Gasteiger partial charge in [0, 0.05) is 26.1 Å². The molecule has 0 saturated carbocycles. The summed E-state index contributed by atoms with van der Waals surface area (Å²) in [6.45, 7) is 1.97. The molecule has 1 amide bonds. The van der Waals surface area contributed by atoms with Gasteiger partial charge in [0.25, 0.3) is 0 Å². The van der Waals surface area contributed by atoms with E-state index in [2.05, 4.69) is 6.07 Å². The summed E-state index contributed by atoms with van der Waals surface area (Å²) in [5.41, 5.74) is 4.16. The van der Waals surface area contributed by atoms with Crippen LogP contribution < -0.4 is 4.74 Å². The van der Waals surface area contributed by atoms with Crippen molar-refractivity contribution in [1.82, 2.24) is 4.90 Å². The minimum Gasteiger partial charge on any atom is -0.485 e. The van der Waals surface area contributed by atoms with Crippen LogP contribution in [0.15, 0.2) is 72.8 Å². The lowest BCUT2D eigenvalue weighted by Gasteiger charge is -2.14. The van der Waals surface area contributed by atoms with E-state index in [0.29, 0.717) is 23.4 Å². The molecule has 3 aromatic rings. The van der Waals surface area contributed by atoms with Crippen LogP contribution in [-0.2, 0) is 11.3 Å². The first-order valence-corrected chi connectivity index (χ1v) is 9.53. The molecule has 0 bridgehead atoms. The molecule has 5 nitrogen and oxygen atoms in total. The number of carbonyl (C=O) groups is 2. The molecule has 0 unspecified atom stereocenters. The van der Waals surface area contributed by atoms with E-state index in [0.717, 1.165) is 16.7 Å². The number of hydrogen-bond acceptors (Lipinski definition) is 4. The predicted molar refractivity (Wildman–Crippen MR) is 115 cm³/mol. The Bertz CT molecular complexity index is 1060. The number of rotatable bonds is 7. The third kappa shape index (κ3) is 5.33. The molecule has 0 saturated heterocycles. The van der Waals surface area contributed by atoms with Gasteiger partial charge in [-0.1, -0.05) is 48.5 Å². The van der Waals surface area contributed by atoms with E-state index in [1.54, 1.807) is 36.2 Å². The van der Waals surface area contributed by atoms with Crippen molar-refractivity contribution < 1.29 is 14.3 Å². The van der Waals surface area contributed by atoms with Crippen LogP contribution in [0.5, 0.6) is 5.75 Å². The molecule has 3 rings (SSSR count). The zero-order valence-corrected chi connectivity index (χ0v) is 17.0. The molecule has 5 heteroatoms. The molecular weight excluding hydrogens is 376 g/mol.